The van der Waals surface area contributed by atoms with Crippen molar-refractivity contribution in [2.75, 3.05) is 19.3 Å². The molecular formula is C14H23N5O2S. The lowest BCUT2D eigenvalue weighted by Crippen LogP contribution is -2.36. The lowest BCUT2D eigenvalue weighted by Gasteiger charge is -2.24. The van der Waals surface area contributed by atoms with Gasteiger partial charge in [0, 0.05) is 13.1 Å². The lowest BCUT2D eigenvalue weighted by molar-refractivity contribution is -0.124. The number of likely N-dealkylation sites (N-methyl/N-ethyl adjacent to an activating group) is 1. The average Bonchev–Trinajstić information content (AvgIpc) is 2.92. The monoisotopic (exact) mass is 325 g/mol. The zero-order valence-corrected chi connectivity index (χ0v) is 13.9. The molecular weight excluding hydrogens is 302 g/mol. The van der Waals surface area contributed by atoms with Gasteiger partial charge in [0.25, 0.3) is 0 Å². The van der Waals surface area contributed by atoms with Crippen LogP contribution in [0.4, 0.5) is 0 Å². The van der Waals surface area contributed by atoms with Crippen molar-refractivity contribution in [2.45, 2.75) is 50.2 Å². The van der Waals surface area contributed by atoms with E-state index in [0.717, 1.165) is 23.8 Å². The van der Waals surface area contributed by atoms with E-state index in [0.29, 0.717) is 6.04 Å². The maximum atomic E-state index is 11.8. The third-order valence-electron chi connectivity index (χ3n) is 3.83. The van der Waals surface area contributed by atoms with Gasteiger partial charge >= 0.3 is 0 Å². The summed E-state index contributed by atoms with van der Waals surface area (Å²) in [4.78, 5) is 22.9. The summed E-state index contributed by atoms with van der Waals surface area (Å²) < 4.78 is 2.16. The van der Waals surface area contributed by atoms with Gasteiger partial charge in [-0.1, -0.05) is 31.0 Å². The molecule has 1 fully saturated rings. The summed E-state index contributed by atoms with van der Waals surface area (Å²) in [6, 6.07) is 0.445. The number of rotatable bonds is 6. The standard InChI is InChI=1S/C14H23N5O2S/c1-10-17-18-14(19(10)11-6-4-3-5-7-11)22-9-13(21)16-8-12(20)15-2/h11H,3-9H2,1-2H3,(H,15,20)(H,16,21). The van der Waals surface area contributed by atoms with Crippen molar-refractivity contribution >= 4 is 23.6 Å². The van der Waals surface area contributed by atoms with Gasteiger partial charge < -0.3 is 15.2 Å². The summed E-state index contributed by atoms with van der Waals surface area (Å²) in [7, 11) is 1.54. The predicted molar refractivity (Wildman–Crippen MR) is 84.7 cm³/mol. The normalized spacial score (nSPS) is 15.5. The molecule has 0 radical (unpaired) electrons. The van der Waals surface area contributed by atoms with Crippen LogP contribution in [0.25, 0.3) is 0 Å². The summed E-state index contributed by atoms with van der Waals surface area (Å²) in [5, 5.41) is 14.2. The Morgan fingerprint density at radius 3 is 2.64 bits per heavy atom. The van der Waals surface area contributed by atoms with E-state index in [-0.39, 0.29) is 24.1 Å². The van der Waals surface area contributed by atoms with E-state index in [4.69, 9.17) is 0 Å². The topological polar surface area (TPSA) is 88.9 Å². The average molecular weight is 325 g/mol. The number of aromatic nitrogens is 3. The van der Waals surface area contributed by atoms with Crippen LogP contribution in [-0.4, -0.2) is 45.9 Å². The molecule has 8 heteroatoms. The zero-order valence-electron chi connectivity index (χ0n) is 13.1. The Balaban J connectivity index is 1.90. The van der Waals surface area contributed by atoms with Gasteiger partial charge in [0.1, 0.15) is 5.82 Å². The van der Waals surface area contributed by atoms with Gasteiger partial charge in [-0.3, -0.25) is 9.59 Å². The van der Waals surface area contributed by atoms with Crippen LogP contribution in [0.1, 0.15) is 44.0 Å². The van der Waals surface area contributed by atoms with E-state index in [9.17, 15) is 9.59 Å². The molecule has 0 aliphatic heterocycles. The molecule has 7 nitrogen and oxygen atoms in total. The first-order chi connectivity index (χ1) is 10.6. The van der Waals surface area contributed by atoms with Crippen molar-refractivity contribution in [3.8, 4) is 0 Å². The lowest BCUT2D eigenvalue weighted by atomic mass is 9.95. The number of nitrogens with zero attached hydrogens (tertiary/aromatic N) is 3. The summed E-state index contributed by atoms with van der Waals surface area (Å²) in [5.74, 6) is 0.756. The first-order valence-corrected chi connectivity index (χ1v) is 8.62. The van der Waals surface area contributed by atoms with Crippen molar-refractivity contribution in [3.05, 3.63) is 5.82 Å². The smallest absolute Gasteiger partial charge is 0.239 e. The van der Waals surface area contributed by atoms with E-state index in [1.807, 2.05) is 6.92 Å². The molecule has 1 saturated carbocycles. The fraction of sp³-hybridized carbons (Fsp3) is 0.714. The minimum atomic E-state index is -0.209. The number of aryl methyl sites for hydroxylation is 1. The van der Waals surface area contributed by atoms with Crippen LogP contribution in [0.2, 0.25) is 0 Å². The molecule has 1 heterocycles. The Bertz CT molecular complexity index is 525. The Morgan fingerprint density at radius 1 is 1.23 bits per heavy atom. The van der Waals surface area contributed by atoms with Crippen LogP contribution in [0.15, 0.2) is 5.16 Å². The number of hydrogen-bond acceptors (Lipinski definition) is 5. The SMILES string of the molecule is CNC(=O)CNC(=O)CSc1nnc(C)n1C1CCCCC1. The third kappa shape index (κ3) is 4.46. The first kappa shape index (κ1) is 16.8. The number of carbonyl (C=O) groups is 2. The van der Waals surface area contributed by atoms with Gasteiger partial charge in [0.2, 0.25) is 11.8 Å². The highest BCUT2D eigenvalue weighted by atomic mass is 32.2. The largest absolute Gasteiger partial charge is 0.358 e. The molecule has 0 saturated heterocycles. The van der Waals surface area contributed by atoms with Gasteiger partial charge in [0.05, 0.1) is 12.3 Å². The second-order valence-electron chi connectivity index (χ2n) is 5.43. The first-order valence-electron chi connectivity index (χ1n) is 7.63. The maximum absolute atomic E-state index is 11.8. The number of nitrogens with one attached hydrogen (secondary N) is 2. The van der Waals surface area contributed by atoms with Gasteiger partial charge in [0.15, 0.2) is 5.16 Å². The Kier molecular flexibility index (Phi) is 6.23. The quantitative estimate of drug-likeness (QED) is 0.763. The Hall–Kier alpha value is -1.57. The second-order valence-corrected chi connectivity index (χ2v) is 6.37. The van der Waals surface area contributed by atoms with E-state index in [1.54, 1.807) is 7.05 Å². The molecule has 0 aromatic carbocycles. The van der Waals surface area contributed by atoms with Crippen LogP contribution in [0.3, 0.4) is 0 Å². The summed E-state index contributed by atoms with van der Waals surface area (Å²) in [6.45, 7) is 1.96. The van der Waals surface area contributed by atoms with Crippen molar-refractivity contribution < 1.29 is 9.59 Å². The van der Waals surface area contributed by atoms with Gasteiger partial charge in [-0.25, -0.2) is 0 Å². The number of amides is 2. The van der Waals surface area contributed by atoms with E-state index < -0.39 is 0 Å². The van der Waals surface area contributed by atoms with Crippen LogP contribution >= 0.6 is 11.8 Å². The molecule has 2 rings (SSSR count). The number of hydrogen-bond donors (Lipinski definition) is 2. The van der Waals surface area contributed by atoms with Crippen LogP contribution in [-0.2, 0) is 9.59 Å². The second kappa shape index (κ2) is 8.17. The molecule has 0 unspecified atom stereocenters. The fourth-order valence-electron chi connectivity index (χ4n) is 2.66. The number of thioether (sulfide) groups is 1. The van der Waals surface area contributed by atoms with Crippen LogP contribution in [0, 0.1) is 6.92 Å². The van der Waals surface area contributed by atoms with Crippen molar-refractivity contribution in [1.29, 1.82) is 0 Å². The number of carbonyl (C=O) groups excluding carboxylic acids is 2. The molecule has 1 aliphatic carbocycles. The third-order valence-corrected chi connectivity index (χ3v) is 4.78. The molecule has 22 heavy (non-hydrogen) atoms. The highest BCUT2D eigenvalue weighted by Gasteiger charge is 2.21. The molecule has 1 aromatic rings. The molecule has 1 aromatic heterocycles. The summed E-state index contributed by atoms with van der Waals surface area (Å²) >= 11 is 1.37. The molecule has 0 atom stereocenters. The van der Waals surface area contributed by atoms with Crippen LogP contribution < -0.4 is 10.6 Å². The summed E-state index contributed by atoms with van der Waals surface area (Å²) in [6.07, 6.45) is 6.06. The molecule has 2 N–H and O–H groups in total. The predicted octanol–water partition coefficient (Wildman–Crippen LogP) is 1.05. The maximum Gasteiger partial charge on any atom is 0.239 e. The van der Waals surface area contributed by atoms with Crippen LogP contribution in [0.5, 0.6) is 0 Å². The minimum absolute atomic E-state index is 0.00420. The molecule has 0 bridgehead atoms. The summed E-state index contributed by atoms with van der Waals surface area (Å²) in [5.41, 5.74) is 0. The minimum Gasteiger partial charge on any atom is -0.358 e. The van der Waals surface area contributed by atoms with Gasteiger partial charge in [-0.2, -0.15) is 0 Å². The Morgan fingerprint density at radius 2 is 1.95 bits per heavy atom. The Labute approximate surface area is 134 Å². The van der Waals surface area contributed by atoms with Gasteiger partial charge in [-0.05, 0) is 19.8 Å². The fourth-order valence-corrected chi connectivity index (χ4v) is 3.54. The van der Waals surface area contributed by atoms with E-state index in [2.05, 4.69) is 25.4 Å². The van der Waals surface area contributed by atoms with Crippen molar-refractivity contribution in [1.82, 2.24) is 25.4 Å². The van der Waals surface area contributed by atoms with Crippen molar-refractivity contribution in [2.24, 2.45) is 0 Å². The molecule has 2 amide bonds. The molecule has 1 aliphatic rings. The van der Waals surface area contributed by atoms with Gasteiger partial charge in [-0.15, -0.1) is 10.2 Å². The van der Waals surface area contributed by atoms with Crippen molar-refractivity contribution in [3.63, 3.8) is 0 Å². The zero-order chi connectivity index (χ0) is 15.9. The van der Waals surface area contributed by atoms with E-state index >= 15 is 0 Å². The highest BCUT2D eigenvalue weighted by molar-refractivity contribution is 7.99. The molecule has 0 spiro atoms. The highest BCUT2D eigenvalue weighted by Crippen LogP contribution is 2.32. The molecule has 122 valence electrons. The van der Waals surface area contributed by atoms with E-state index in [1.165, 1.54) is 31.0 Å².